The molecule has 1 aromatic heterocycles. The van der Waals surface area contributed by atoms with Gasteiger partial charge in [0, 0.05) is 25.3 Å². The van der Waals surface area contributed by atoms with E-state index >= 15 is 0 Å². The first-order chi connectivity index (χ1) is 10.4. The Bertz CT molecular complexity index is 608. The number of halogens is 1. The molecule has 2 N–H and O–H groups in total. The van der Waals surface area contributed by atoms with Gasteiger partial charge < -0.3 is 10.4 Å². The molecule has 0 amide bonds. The molecular weight excluding hydrogens is 298 g/mol. The zero-order valence-electron chi connectivity index (χ0n) is 13.4. The van der Waals surface area contributed by atoms with E-state index in [9.17, 15) is 0 Å². The number of rotatable bonds is 7. The molecule has 1 heterocycles. The SMILES string of the molecule is Cc1nn(-c2ccccc2)c(Cl)c1CNCC(C)(C)CCO. The first-order valence-electron chi connectivity index (χ1n) is 7.55. The fraction of sp³-hybridized carbons (Fsp3) is 0.471. The summed E-state index contributed by atoms with van der Waals surface area (Å²) in [4.78, 5) is 0. The summed E-state index contributed by atoms with van der Waals surface area (Å²) in [6, 6.07) is 9.88. The molecule has 4 nitrogen and oxygen atoms in total. The Morgan fingerprint density at radius 3 is 2.59 bits per heavy atom. The minimum atomic E-state index is 0.0601. The van der Waals surface area contributed by atoms with Crippen LogP contribution in [0.5, 0.6) is 0 Å². The quantitative estimate of drug-likeness (QED) is 0.822. The van der Waals surface area contributed by atoms with Crippen molar-refractivity contribution in [3.63, 3.8) is 0 Å². The maximum Gasteiger partial charge on any atom is 0.137 e. The van der Waals surface area contributed by atoms with Gasteiger partial charge in [-0.2, -0.15) is 5.10 Å². The van der Waals surface area contributed by atoms with Crippen molar-refractivity contribution in [1.29, 1.82) is 0 Å². The van der Waals surface area contributed by atoms with E-state index in [2.05, 4.69) is 24.3 Å². The topological polar surface area (TPSA) is 50.1 Å². The molecule has 2 rings (SSSR count). The first-order valence-corrected chi connectivity index (χ1v) is 7.93. The maximum absolute atomic E-state index is 9.07. The Morgan fingerprint density at radius 1 is 1.27 bits per heavy atom. The third kappa shape index (κ3) is 4.09. The van der Waals surface area contributed by atoms with Crippen LogP contribution in [0.1, 0.15) is 31.5 Å². The third-order valence-corrected chi connectivity index (χ3v) is 4.20. The molecule has 2 aromatic rings. The molecule has 0 aliphatic heterocycles. The Labute approximate surface area is 137 Å². The van der Waals surface area contributed by atoms with Gasteiger partial charge in [-0.1, -0.05) is 43.6 Å². The highest BCUT2D eigenvalue weighted by molar-refractivity contribution is 6.30. The molecule has 0 aliphatic carbocycles. The van der Waals surface area contributed by atoms with E-state index in [4.69, 9.17) is 16.7 Å². The molecule has 1 aromatic carbocycles. The average molecular weight is 322 g/mol. The first kappa shape index (κ1) is 17.0. The minimum Gasteiger partial charge on any atom is -0.396 e. The Morgan fingerprint density at radius 2 is 1.95 bits per heavy atom. The number of aromatic nitrogens is 2. The molecule has 0 bridgehead atoms. The molecule has 0 unspecified atom stereocenters. The lowest BCUT2D eigenvalue weighted by Crippen LogP contribution is -2.30. The van der Waals surface area contributed by atoms with Gasteiger partial charge in [-0.25, -0.2) is 4.68 Å². The lowest BCUT2D eigenvalue weighted by atomic mass is 9.90. The van der Waals surface area contributed by atoms with Gasteiger partial charge in [0.25, 0.3) is 0 Å². The lowest BCUT2D eigenvalue weighted by Gasteiger charge is -2.23. The van der Waals surface area contributed by atoms with Crippen LogP contribution >= 0.6 is 11.6 Å². The highest BCUT2D eigenvalue weighted by Crippen LogP contribution is 2.24. The number of hydrogen-bond donors (Lipinski definition) is 2. The predicted molar refractivity (Wildman–Crippen MR) is 90.5 cm³/mol. The van der Waals surface area contributed by atoms with E-state index in [1.165, 1.54) is 0 Å². The van der Waals surface area contributed by atoms with Gasteiger partial charge in [0.15, 0.2) is 0 Å². The largest absolute Gasteiger partial charge is 0.396 e. The summed E-state index contributed by atoms with van der Waals surface area (Å²) in [7, 11) is 0. The van der Waals surface area contributed by atoms with Crippen molar-refractivity contribution in [2.75, 3.05) is 13.2 Å². The number of benzene rings is 1. The van der Waals surface area contributed by atoms with Crippen molar-refractivity contribution < 1.29 is 5.11 Å². The van der Waals surface area contributed by atoms with Crippen LogP contribution in [0.3, 0.4) is 0 Å². The second-order valence-corrected chi connectivity index (χ2v) is 6.70. The van der Waals surface area contributed by atoms with Crippen molar-refractivity contribution >= 4 is 11.6 Å². The molecule has 0 radical (unpaired) electrons. The van der Waals surface area contributed by atoms with Crippen molar-refractivity contribution in [2.24, 2.45) is 5.41 Å². The normalized spacial score (nSPS) is 11.9. The summed E-state index contributed by atoms with van der Waals surface area (Å²) in [5.74, 6) is 0. The highest BCUT2D eigenvalue weighted by Gasteiger charge is 2.18. The number of aliphatic hydroxyl groups excluding tert-OH is 1. The van der Waals surface area contributed by atoms with Crippen LogP contribution in [0, 0.1) is 12.3 Å². The van der Waals surface area contributed by atoms with Crippen molar-refractivity contribution in [3.8, 4) is 5.69 Å². The Balaban J connectivity index is 2.08. The summed E-state index contributed by atoms with van der Waals surface area (Å²) >= 11 is 6.50. The summed E-state index contributed by atoms with van der Waals surface area (Å²) < 4.78 is 1.77. The average Bonchev–Trinajstić information content (AvgIpc) is 2.76. The summed E-state index contributed by atoms with van der Waals surface area (Å²) in [5.41, 5.74) is 2.97. The monoisotopic (exact) mass is 321 g/mol. The van der Waals surface area contributed by atoms with E-state index in [1.54, 1.807) is 4.68 Å². The van der Waals surface area contributed by atoms with Gasteiger partial charge in [-0.15, -0.1) is 0 Å². The van der Waals surface area contributed by atoms with Crippen LogP contribution in [0.25, 0.3) is 5.69 Å². The van der Waals surface area contributed by atoms with E-state index in [-0.39, 0.29) is 12.0 Å². The third-order valence-electron chi connectivity index (χ3n) is 3.82. The van der Waals surface area contributed by atoms with Crippen molar-refractivity contribution in [1.82, 2.24) is 15.1 Å². The summed E-state index contributed by atoms with van der Waals surface area (Å²) in [6.07, 6.45) is 0.774. The smallest absolute Gasteiger partial charge is 0.137 e. The molecular formula is C17H24ClN3O. The van der Waals surface area contributed by atoms with Crippen molar-refractivity contribution in [2.45, 2.75) is 33.7 Å². The molecule has 0 aliphatic rings. The van der Waals surface area contributed by atoms with Gasteiger partial charge in [-0.3, -0.25) is 0 Å². The van der Waals surface area contributed by atoms with E-state index in [1.807, 2.05) is 37.3 Å². The summed E-state index contributed by atoms with van der Waals surface area (Å²) in [5, 5.41) is 17.7. The second kappa shape index (κ2) is 7.27. The molecule has 0 fully saturated rings. The fourth-order valence-electron chi connectivity index (χ4n) is 2.39. The molecule has 0 spiro atoms. The number of nitrogens with one attached hydrogen (secondary N) is 1. The van der Waals surface area contributed by atoms with Gasteiger partial charge in [-0.05, 0) is 30.9 Å². The molecule has 0 saturated heterocycles. The van der Waals surface area contributed by atoms with E-state index in [0.29, 0.717) is 11.7 Å². The predicted octanol–water partition coefficient (Wildman–Crippen LogP) is 3.33. The highest BCUT2D eigenvalue weighted by atomic mass is 35.5. The minimum absolute atomic E-state index is 0.0601. The van der Waals surface area contributed by atoms with Gasteiger partial charge >= 0.3 is 0 Å². The fourth-order valence-corrected chi connectivity index (χ4v) is 2.73. The van der Waals surface area contributed by atoms with Crippen LogP contribution in [-0.2, 0) is 6.54 Å². The van der Waals surface area contributed by atoms with Gasteiger partial charge in [0.1, 0.15) is 5.15 Å². The number of aryl methyl sites for hydroxylation is 1. The van der Waals surface area contributed by atoms with Crippen LogP contribution in [0.2, 0.25) is 5.15 Å². The lowest BCUT2D eigenvalue weighted by molar-refractivity contribution is 0.207. The standard InChI is InChI=1S/C17H24ClN3O/c1-13-15(11-19-12-17(2,3)9-10-22)16(18)21(20-13)14-7-5-4-6-8-14/h4-8,19,22H,9-12H2,1-3H3. The second-order valence-electron chi connectivity index (χ2n) is 6.34. The van der Waals surface area contributed by atoms with Crippen LogP contribution in [-0.4, -0.2) is 28.0 Å². The zero-order valence-corrected chi connectivity index (χ0v) is 14.2. The molecule has 120 valence electrons. The zero-order chi connectivity index (χ0) is 16.2. The molecule has 5 heteroatoms. The van der Waals surface area contributed by atoms with Crippen LogP contribution in [0.15, 0.2) is 30.3 Å². The number of aliphatic hydroxyl groups is 1. The number of para-hydroxylation sites is 1. The van der Waals surface area contributed by atoms with Crippen LogP contribution in [0.4, 0.5) is 0 Å². The van der Waals surface area contributed by atoms with E-state index in [0.717, 1.165) is 29.9 Å². The Kier molecular flexibility index (Phi) is 5.62. The Hall–Kier alpha value is -1.36. The summed E-state index contributed by atoms with van der Waals surface area (Å²) in [6.45, 7) is 7.95. The van der Waals surface area contributed by atoms with E-state index < -0.39 is 0 Å². The number of nitrogens with zero attached hydrogens (tertiary/aromatic N) is 2. The molecule has 0 saturated carbocycles. The number of hydrogen-bond acceptors (Lipinski definition) is 3. The molecule has 22 heavy (non-hydrogen) atoms. The van der Waals surface area contributed by atoms with Gasteiger partial charge in [0.2, 0.25) is 0 Å². The maximum atomic E-state index is 9.07. The molecule has 0 atom stereocenters. The van der Waals surface area contributed by atoms with Crippen molar-refractivity contribution in [3.05, 3.63) is 46.7 Å². The van der Waals surface area contributed by atoms with Crippen LogP contribution < -0.4 is 5.32 Å². The van der Waals surface area contributed by atoms with Gasteiger partial charge in [0.05, 0.1) is 11.4 Å².